The van der Waals surface area contributed by atoms with E-state index in [1.165, 1.54) is 23.9 Å². The number of halogens is 2. The number of primary amides is 1. The van der Waals surface area contributed by atoms with E-state index in [4.69, 9.17) is 22.1 Å². The maximum absolute atomic E-state index is 14.7. The van der Waals surface area contributed by atoms with Gasteiger partial charge in [-0.3, -0.25) is 9.36 Å². The lowest BCUT2D eigenvalue weighted by molar-refractivity contribution is -0.123. The number of hydrogen-bond donors (Lipinski definition) is 2. The molecule has 3 amide bonds. The van der Waals surface area contributed by atoms with Crippen molar-refractivity contribution in [1.29, 1.82) is 0 Å². The van der Waals surface area contributed by atoms with Crippen molar-refractivity contribution in [3.63, 3.8) is 0 Å². The second kappa shape index (κ2) is 9.55. The molecule has 2 fully saturated rings. The summed E-state index contributed by atoms with van der Waals surface area (Å²) >= 11 is 5.96. The monoisotopic (exact) mass is 512 g/mol. The number of para-hydroxylation sites is 1. The molecule has 0 spiro atoms. The van der Waals surface area contributed by atoms with Gasteiger partial charge in [-0.05, 0) is 36.5 Å². The molecule has 10 heteroatoms. The average Bonchev–Trinajstić information content (AvgIpc) is 3.35. The lowest BCUT2D eigenvalue weighted by Crippen LogP contribution is -2.45. The number of anilines is 1. The molecule has 0 radical (unpaired) electrons. The Hall–Kier alpha value is -3.43. The average molecular weight is 513 g/mol. The zero-order valence-corrected chi connectivity index (χ0v) is 20.4. The molecule has 188 valence electrons. The van der Waals surface area contributed by atoms with Crippen LogP contribution in [-0.2, 0) is 9.53 Å². The molecule has 1 saturated heterocycles. The summed E-state index contributed by atoms with van der Waals surface area (Å²) in [6.45, 7) is 0.140. The Bertz CT molecular complexity index is 1360. The number of ketones is 1. The number of fused-ring (bicyclic) bond motifs is 2. The van der Waals surface area contributed by atoms with Gasteiger partial charge in [-0.2, -0.15) is 0 Å². The first-order valence-corrected chi connectivity index (χ1v) is 12.1. The van der Waals surface area contributed by atoms with Crippen molar-refractivity contribution >= 4 is 46.0 Å². The van der Waals surface area contributed by atoms with Gasteiger partial charge in [0, 0.05) is 37.1 Å². The van der Waals surface area contributed by atoms with Crippen molar-refractivity contribution in [3.05, 3.63) is 65.1 Å². The number of ether oxygens (including phenoxy) is 1. The number of hydrogen-bond acceptors (Lipinski definition) is 4. The Morgan fingerprint density at radius 2 is 1.97 bits per heavy atom. The number of aromatic nitrogens is 1. The fraction of sp³-hybridized carbons (Fsp3) is 0.346. The zero-order chi connectivity index (χ0) is 25.6. The standard InChI is InChI=1S/C26H26ClFN4O4/c1-36-13-15(16-6-4-7-18(27)24(16)28)11-23(33)22-10-14-9-21(14)32(22)26(35)30-19-12-31(25(29)34)20-8-3-2-5-17(19)20/h2-8,12,14-15,21-22H,9-11,13H2,1H3,(H2,29,34)(H,30,35)/t14-,15-,21-,22+/m1/s1. The highest BCUT2D eigenvalue weighted by molar-refractivity contribution is 6.30. The first kappa shape index (κ1) is 24.3. The molecule has 1 aliphatic carbocycles. The van der Waals surface area contributed by atoms with Crippen LogP contribution in [0.15, 0.2) is 48.7 Å². The number of methoxy groups -OCH3 is 1. The molecule has 36 heavy (non-hydrogen) atoms. The highest BCUT2D eigenvalue weighted by atomic mass is 35.5. The third-order valence-corrected chi connectivity index (χ3v) is 7.43. The number of likely N-dealkylation sites (tertiary alicyclic amines) is 1. The number of nitrogens with two attached hydrogens (primary N) is 1. The van der Waals surface area contributed by atoms with Crippen LogP contribution in [0.5, 0.6) is 0 Å². The lowest BCUT2D eigenvalue weighted by atomic mass is 9.90. The summed E-state index contributed by atoms with van der Waals surface area (Å²) in [6.07, 6.45) is 2.90. The van der Waals surface area contributed by atoms with Crippen molar-refractivity contribution in [2.24, 2.45) is 11.7 Å². The molecule has 0 unspecified atom stereocenters. The van der Waals surface area contributed by atoms with Gasteiger partial charge >= 0.3 is 12.1 Å². The minimum Gasteiger partial charge on any atom is -0.384 e. The summed E-state index contributed by atoms with van der Waals surface area (Å²) in [5.74, 6) is -0.987. The largest absolute Gasteiger partial charge is 0.384 e. The van der Waals surface area contributed by atoms with Gasteiger partial charge in [0.05, 0.1) is 28.9 Å². The van der Waals surface area contributed by atoms with Crippen LogP contribution in [0.25, 0.3) is 10.9 Å². The number of urea groups is 1. The molecular formula is C26H26ClFN4O4. The maximum Gasteiger partial charge on any atom is 0.323 e. The van der Waals surface area contributed by atoms with Crippen molar-refractivity contribution in [1.82, 2.24) is 9.47 Å². The van der Waals surface area contributed by atoms with Crippen LogP contribution in [0, 0.1) is 11.7 Å². The van der Waals surface area contributed by atoms with E-state index in [1.807, 2.05) is 0 Å². The van der Waals surface area contributed by atoms with Gasteiger partial charge in [0.2, 0.25) is 0 Å². The van der Waals surface area contributed by atoms with E-state index in [-0.39, 0.29) is 35.8 Å². The second-order valence-corrected chi connectivity index (χ2v) is 9.79. The van der Waals surface area contributed by atoms with Crippen LogP contribution in [0.3, 0.4) is 0 Å². The van der Waals surface area contributed by atoms with Gasteiger partial charge in [-0.25, -0.2) is 14.0 Å². The molecule has 3 N–H and O–H groups in total. The summed E-state index contributed by atoms with van der Waals surface area (Å²) in [6, 6.07) is 10.1. The number of nitrogens with one attached hydrogen (secondary N) is 1. The summed E-state index contributed by atoms with van der Waals surface area (Å²) in [7, 11) is 1.49. The van der Waals surface area contributed by atoms with Crippen molar-refractivity contribution < 1.29 is 23.5 Å². The third-order valence-electron chi connectivity index (χ3n) is 7.14. The number of benzene rings is 2. The van der Waals surface area contributed by atoms with Crippen molar-refractivity contribution in [2.75, 3.05) is 19.0 Å². The molecular weight excluding hydrogens is 487 g/mol. The zero-order valence-electron chi connectivity index (χ0n) is 19.6. The van der Waals surface area contributed by atoms with Crippen LogP contribution in [0.1, 0.15) is 30.7 Å². The van der Waals surface area contributed by atoms with E-state index in [9.17, 15) is 18.8 Å². The topological polar surface area (TPSA) is 107 Å². The van der Waals surface area contributed by atoms with E-state index in [0.29, 0.717) is 28.6 Å². The Morgan fingerprint density at radius 1 is 1.19 bits per heavy atom. The van der Waals surface area contributed by atoms with E-state index in [1.54, 1.807) is 41.3 Å². The smallest absolute Gasteiger partial charge is 0.323 e. The Kier molecular flexibility index (Phi) is 6.44. The molecule has 8 nitrogen and oxygen atoms in total. The molecule has 5 rings (SSSR count). The number of carbonyl (C=O) groups excluding carboxylic acids is 3. The number of carbonyl (C=O) groups is 3. The predicted octanol–water partition coefficient (Wildman–Crippen LogP) is 4.74. The van der Waals surface area contributed by atoms with E-state index < -0.39 is 29.8 Å². The molecule has 4 atom stereocenters. The van der Waals surface area contributed by atoms with E-state index >= 15 is 0 Å². The third kappa shape index (κ3) is 4.33. The number of amides is 3. The minimum atomic E-state index is -0.666. The fourth-order valence-electron chi connectivity index (χ4n) is 5.35. The van der Waals surface area contributed by atoms with Gasteiger partial charge in [0.25, 0.3) is 0 Å². The normalized spacial score (nSPS) is 21.3. The molecule has 2 heterocycles. The molecule has 3 aromatic rings. The Morgan fingerprint density at radius 3 is 2.72 bits per heavy atom. The van der Waals surface area contributed by atoms with Crippen LogP contribution in [-0.4, -0.2) is 53.1 Å². The molecule has 1 aliphatic heterocycles. The number of nitrogens with zero attached hydrogens (tertiary/aromatic N) is 2. The summed E-state index contributed by atoms with van der Waals surface area (Å²) in [5, 5.41) is 3.52. The SMILES string of the molecule is COC[C@@H](CC(=O)[C@@H]1C[C@H]2C[C@H]2N1C(=O)Nc1cn(C(N)=O)c2ccccc12)c1cccc(Cl)c1F. The highest BCUT2D eigenvalue weighted by Crippen LogP contribution is 2.49. The second-order valence-electron chi connectivity index (χ2n) is 9.39. The van der Waals surface area contributed by atoms with Gasteiger partial charge in [0.15, 0.2) is 5.78 Å². The highest BCUT2D eigenvalue weighted by Gasteiger charge is 2.56. The van der Waals surface area contributed by atoms with Gasteiger partial charge in [-0.1, -0.05) is 41.9 Å². The molecule has 0 bridgehead atoms. The van der Waals surface area contributed by atoms with Gasteiger partial charge in [-0.15, -0.1) is 0 Å². The fourth-order valence-corrected chi connectivity index (χ4v) is 5.53. The van der Waals surface area contributed by atoms with Crippen LogP contribution >= 0.6 is 11.6 Å². The number of rotatable bonds is 7. The first-order valence-electron chi connectivity index (χ1n) is 11.7. The van der Waals surface area contributed by atoms with Gasteiger partial charge < -0.3 is 20.7 Å². The Balaban J connectivity index is 1.37. The molecule has 1 aromatic heterocycles. The van der Waals surface area contributed by atoms with Crippen molar-refractivity contribution in [3.8, 4) is 0 Å². The quantitative estimate of drug-likeness (QED) is 0.476. The van der Waals surface area contributed by atoms with Crippen LogP contribution in [0.2, 0.25) is 5.02 Å². The molecule has 2 aliphatic rings. The predicted molar refractivity (Wildman–Crippen MR) is 134 cm³/mol. The van der Waals surface area contributed by atoms with E-state index in [0.717, 1.165) is 6.42 Å². The van der Waals surface area contributed by atoms with Crippen LogP contribution in [0.4, 0.5) is 19.7 Å². The first-order chi connectivity index (χ1) is 17.3. The number of Topliss-reactive ketones (excluding diaryl/α,β-unsaturated/α-hetero) is 1. The Labute approximate surface area is 212 Å². The summed E-state index contributed by atoms with van der Waals surface area (Å²) in [4.78, 5) is 40.3. The summed E-state index contributed by atoms with van der Waals surface area (Å²) < 4.78 is 21.2. The minimum absolute atomic E-state index is 0.0139. The maximum atomic E-state index is 14.7. The summed E-state index contributed by atoms with van der Waals surface area (Å²) in [5.41, 5.74) is 6.81. The van der Waals surface area contributed by atoms with Crippen LogP contribution < -0.4 is 11.1 Å². The van der Waals surface area contributed by atoms with Gasteiger partial charge in [0.1, 0.15) is 5.82 Å². The molecule has 2 aromatic carbocycles. The number of piperidine rings is 1. The van der Waals surface area contributed by atoms with Crippen molar-refractivity contribution in [2.45, 2.75) is 37.3 Å². The molecule has 1 saturated carbocycles. The lowest BCUT2D eigenvalue weighted by Gasteiger charge is -2.28. The van der Waals surface area contributed by atoms with E-state index in [2.05, 4.69) is 5.32 Å².